The van der Waals surface area contributed by atoms with E-state index in [9.17, 15) is 0 Å². The minimum atomic E-state index is -0.610. The average Bonchev–Trinajstić information content (AvgIpc) is 3.06. The van der Waals surface area contributed by atoms with Crippen LogP contribution in [-0.2, 0) is 21.8 Å². The summed E-state index contributed by atoms with van der Waals surface area (Å²) in [5, 5.41) is 0. The van der Waals surface area contributed by atoms with Crippen molar-refractivity contribution >= 4 is 0 Å². The van der Waals surface area contributed by atoms with Crippen molar-refractivity contribution in [1.82, 2.24) is 0 Å². The molecule has 1 saturated heterocycles. The molecule has 0 N–H and O–H groups in total. The first kappa shape index (κ1) is 17.7. The number of hydrogen-bond donors (Lipinski definition) is 0. The highest BCUT2D eigenvalue weighted by molar-refractivity contribution is 5.30. The minimum Gasteiger partial charge on any atom is -1.00 e. The second-order valence-corrected chi connectivity index (χ2v) is 5.40. The maximum absolute atomic E-state index is 5.97. The van der Waals surface area contributed by atoms with Gasteiger partial charge in [-0.25, -0.2) is 4.57 Å². The van der Waals surface area contributed by atoms with E-state index in [1.807, 2.05) is 42.5 Å². The number of pyridine rings is 1. The van der Waals surface area contributed by atoms with Gasteiger partial charge in [0.2, 0.25) is 0 Å². The SMILES string of the molecule is COc1ccc(C2(CCC[n+]3ccccc3)OCCO2)cc1.[Cl-]. The quantitative estimate of drug-likeness (QED) is 0.677. The largest absolute Gasteiger partial charge is 1.00 e. The highest BCUT2D eigenvalue weighted by Crippen LogP contribution is 2.36. The summed E-state index contributed by atoms with van der Waals surface area (Å²) in [6.45, 7) is 2.24. The van der Waals surface area contributed by atoms with E-state index >= 15 is 0 Å². The highest BCUT2D eigenvalue weighted by Gasteiger charge is 2.38. The van der Waals surface area contributed by atoms with Crippen LogP contribution in [0.3, 0.4) is 0 Å². The van der Waals surface area contributed by atoms with Gasteiger partial charge < -0.3 is 26.6 Å². The lowest BCUT2D eigenvalue weighted by atomic mass is 10.0. The molecular formula is C18H22ClNO3. The lowest BCUT2D eigenvalue weighted by Gasteiger charge is -2.27. The Labute approximate surface area is 143 Å². The van der Waals surface area contributed by atoms with Crippen molar-refractivity contribution in [3.05, 3.63) is 60.4 Å². The molecule has 23 heavy (non-hydrogen) atoms. The number of benzene rings is 1. The number of rotatable bonds is 6. The van der Waals surface area contributed by atoms with Crippen LogP contribution in [0.2, 0.25) is 0 Å². The highest BCUT2D eigenvalue weighted by atomic mass is 35.5. The first-order valence-electron chi connectivity index (χ1n) is 7.69. The Balaban J connectivity index is 0.00000192. The molecule has 5 heteroatoms. The smallest absolute Gasteiger partial charge is 0.195 e. The number of hydrogen-bond acceptors (Lipinski definition) is 3. The second-order valence-electron chi connectivity index (χ2n) is 5.40. The first-order chi connectivity index (χ1) is 10.8. The number of nitrogens with zero attached hydrogens (tertiary/aromatic N) is 1. The van der Waals surface area contributed by atoms with Crippen molar-refractivity contribution in [3.8, 4) is 5.75 Å². The van der Waals surface area contributed by atoms with E-state index in [1.54, 1.807) is 7.11 Å². The Bertz CT molecular complexity index is 583. The normalized spacial score (nSPS) is 15.9. The second kappa shape index (κ2) is 8.29. The minimum absolute atomic E-state index is 0. The summed E-state index contributed by atoms with van der Waals surface area (Å²) in [6, 6.07) is 14.1. The van der Waals surface area contributed by atoms with Crippen molar-refractivity contribution in [2.24, 2.45) is 0 Å². The fraction of sp³-hybridized carbons (Fsp3) is 0.389. The summed E-state index contributed by atoms with van der Waals surface area (Å²) in [5.74, 6) is 0.235. The maximum atomic E-state index is 5.97. The van der Waals surface area contributed by atoms with Gasteiger partial charge in [0, 0.05) is 30.5 Å². The van der Waals surface area contributed by atoms with Gasteiger partial charge in [0.25, 0.3) is 0 Å². The van der Waals surface area contributed by atoms with E-state index in [2.05, 4.69) is 17.0 Å². The van der Waals surface area contributed by atoms with Gasteiger partial charge in [-0.15, -0.1) is 0 Å². The van der Waals surface area contributed by atoms with Crippen LogP contribution in [0, 0.1) is 0 Å². The molecule has 0 saturated carbocycles. The molecule has 0 aliphatic carbocycles. The molecule has 2 heterocycles. The Kier molecular flexibility index (Phi) is 6.39. The van der Waals surface area contributed by atoms with Gasteiger partial charge in [0.15, 0.2) is 18.2 Å². The van der Waals surface area contributed by atoms with E-state index in [-0.39, 0.29) is 12.4 Å². The number of methoxy groups -OCH3 is 1. The molecule has 3 rings (SSSR count). The van der Waals surface area contributed by atoms with Crippen LogP contribution in [0.5, 0.6) is 5.75 Å². The fourth-order valence-corrected chi connectivity index (χ4v) is 2.83. The number of aryl methyl sites for hydroxylation is 1. The summed E-state index contributed by atoms with van der Waals surface area (Å²) >= 11 is 0. The third-order valence-corrected chi connectivity index (χ3v) is 3.98. The molecule has 1 aromatic heterocycles. The molecule has 0 spiro atoms. The van der Waals surface area contributed by atoms with Crippen LogP contribution in [-0.4, -0.2) is 20.3 Å². The molecule has 1 aromatic carbocycles. The lowest BCUT2D eigenvalue weighted by molar-refractivity contribution is -0.697. The molecule has 0 radical (unpaired) electrons. The Morgan fingerprint density at radius 2 is 1.70 bits per heavy atom. The summed E-state index contributed by atoms with van der Waals surface area (Å²) in [7, 11) is 1.67. The number of aromatic nitrogens is 1. The van der Waals surface area contributed by atoms with Crippen molar-refractivity contribution in [2.45, 2.75) is 25.2 Å². The number of ether oxygens (including phenoxy) is 3. The topological polar surface area (TPSA) is 31.6 Å². The van der Waals surface area contributed by atoms with Gasteiger partial charge >= 0.3 is 0 Å². The molecule has 1 aliphatic rings. The van der Waals surface area contributed by atoms with Crippen LogP contribution >= 0.6 is 0 Å². The standard InChI is InChI=1S/C18H22NO3.ClH/c1-20-17-8-6-16(7-9-17)18(21-14-15-22-18)10-5-13-19-11-3-2-4-12-19;/h2-4,6-9,11-12H,5,10,13-15H2,1H3;1H/q+1;/p-1. The fourth-order valence-electron chi connectivity index (χ4n) is 2.83. The van der Waals surface area contributed by atoms with Crippen LogP contribution < -0.4 is 21.7 Å². The van der Waals surface area contributed by atoms with Crippen LogP contribution in [0.1, 0.15) is 18.4 Å². The van der Waals surface area contributed by atoms with Gasteiger partial charge in [-0.3, -0.25) is 0 Å². The van der Waals surface area contributed by atoms with Gasteiger partial charge in [0.05, 0.1) is 20.3 Å². The molecule has 4 nitrogen and oxygen atoms in total. The Hall–Kier alpha value is -1.62. The Morgan fingerprint density at radius 3 is 2.30 bits per heavy atom. The van der Waals surface area contributed by atoms with Crippen molar-refractivity contribution in [3.63, 3.8) is 0 Å². The van der Waals surface area contributed by atoms with E-state index in [4.69, 9.17) is 14.2 Å². The van der Waals surface area contributed by atoms with Crippen LogP contribution in [0.25, 0.3) is 0 Å². The molecule has 1 fully saturated rings. The van der Waals surface area contributed by atoms with Crippen LogP contribution in [0.15, 0.2) is 54.9 Å². The predicted molar refractivity (Wildman–Crippen MR) is 82.4 cm³/mol. The molecule has 0 unspecified atom stereocenters. The van der Waals surface area contributed by atoms with Gasteiger partial charge in [-0.1, -0.05) is 6.07 Å². The molecule has 124 valence electrons. The Morgan fingerprint density at radius 1 is 1.04 bits per heavy atom. The summed E-state index contributed by atoms with van der Waals surface area (Å²) in [4.78, 5) is 0. The molecular weight excluding hydrogens is 314 g/mol. The van der Waals surface area contributed by atoms with Gasteiger partial charge in [-0.05, 0) is 24.3 Å². The van der Waals surface area contributed by atoms with Crippen molar-refractivity contribution in [1.29, 1.82) is 0 Å². The zero-order valence-corrected chi connectivity index (χ0v) is 14.0. The molecule has 0 bridgehead atoms. The summed E-state index contributed by atoms with van der Waals surface area (Å²) < 4.78 is 19.3. The van der Waals surface area contributed by atoms with Crippen molar-refractivity contribution < 1.29 is 31.2 Å². The molecule has 2 aromatic rings. The van der Waals surface area contributed by atoms with Gasteiger partial charge in [0.1, 0.15) is 12.3 Å². The van der Waals surface area contributed by atoms with E-state index in [1.165, 1.54) is 0 Å². The third kappa shape index (κ3) is 4.22. The molecule has 1 aliphatic heterocycles. The van der Waals surface area contributed by atoms with E-state index < -0.39 is 5.79 Å². The van der Waals surface area contributed by atoms with Gasteiger partial charge in [-0.2, -0.15) is 0 Å². The lowest BCUT2D eigenvalue weighted by Crippen LogP contribution is -3.00. The molecule has 0 atom stereocenters. The monoisotopic (exact) mass is 335 g/mol. The molecule has 0 amide bonds. The first-order valence-corrected chi connectivity index (χ1v) is 7.69. The van der Waals surface area contributed by atoms with Crippen molar-refractivity contribution in [2.75, 3.05) is 20.3 Å². The van der Waals surface area contributed by atoms with Crippen LogP contribution in [0.4, 0.5) is 0 Å². The zero-order chi connectivity index (χ0) is 15.3. The van der Waals surface area contributed by atoms with E-state index in [0.29, 0.717) is 13.2 Å². The average molecular weight is 336 g/mol. The summed E-state index contributed by atoms with van der Waals surface area (Å²) in [6.07, 6.45) is 5.98. The zero-order valence-electron chi connectivity index (χ0n) is 13.3. The maximum Gasteiger partial charge on any atom is 0.195 e. The van der Waals surface area contributed by atoms with E-state index in [0.717, 1.165) is 30.7 Å². The summed E-state index contributed by atoms with van der Waals surface area (Å²) in [5.41, 5.74) is 1.06. The predicted octanol–water partition coefficient (Wildman–Crippen LogP) is -0.333. The third-order valence-electron chi connectivity index (χ3n) is 3.98. The number of halogens is 1.